The number of benzene rings is 1. The largest absolute Gasteiger partial charge is 0.508 e. The summed E-state index contributed by atoms with van der Waals surface area (Å²) in [6.07, 6.45) is 3.88. The smallest absolute Gasteiger partial charge is 0.145 e. The maximum atomic E-state index is 13.0. The van der Waals surface area contributed by atoms with Crippen LogP contribution in [0.3, 0.4) is 0 Å². The maximum absolute atomic E-state index is 13.0. The average Bonchev–Trinajstić information content (AvgIpc) is 2.61. The molecule has 0 saturated carbocycles. The van der Waals surface area contributed by atoms with Crippen LogP contribution in [0.15, 0.2) is 24.5 Å². The summed E-state index contributed by atoms with van der Waals surface area (Å²) in [4.78, 5) is 4.12. The zero-order chi connectivity index (χ0) is 11.7. The molecule has 0 aliphatic rings. The lowest BCUT2D eigenvalue weighted by atomic mass is 10.1. The molecule has 3 nitrogen and oxygen atoms in total. The molecule has 1 aromatic heterocycles. The number of halogens is 2. The lowest BCUT2D eigenvalue weighted by Crippen LogP contribution is -1.99. The van der Waals surface area contributed by atoms with E-state index in [0.717, 1.165) is 11.9 Å². The van der Waals surface area contributed by atoms with E-state index in [9.17, 15) is 9.50 Å². The van der Waals surface area contributed by atoms with Crippen LogP contribution in [0.1, 0.15) is 11.4 Å². The summed E-state index contributed by atoms with van der Waals surface area (Å²) in [5.41, 5.74) is 0.556. The summed E-state index contributed by atoms with van der Waals surface area (Å²) < 4.78 is 14.8. The summed E-state index contributed by atoms with van der Waals surface area (Å²) in [7, 11) is 1.85. The third-order valence-electron chi connectivity index (χ3n) is 2.39. The Bertz CT molecular complexity index is 525. The van der Waals surface area contributed by atoms with Gasteiger partial charge < -0.3 is 9.67 Å². The second-order valence-electron chi connectivity index (χ2n) is 3.53. The molecule has 0 saturated heterocycles. The molecule has 0 fully saturated rings. The number of aryl methyl sites for hydroxylation is 1. The molecule has 0 bridgehead atoms. The van der Waals surface area contributed by atoms with Crippen molar-refractivity contribution in [1.82, 2.24) is 9.55 Å². The third-order valence-corrected chi connectivity index (χ3v) is 2.68. The number of phenols is 1. The van der Waals surface area contributed by atoms with Crippen LogP contribution in [0.4, 0.5) is 4.39 Å². The fourth-order valence-corrected chi connectivity index (χ4v) is 1.64. The van der Waals surface area contributed by atoms with E-state index in [0.29, 0.717) is 12.0 Å². The first-order chi connectivity index (χ1) is 7.58. The van der Waals surface area contributed by atoms with Crippen LogP contribution in [0, 0.1) is 5.82 Å². The Morgan fingerprint density at radius 1 is 1.50 bits per heavy atom. The molecule has 1 N–H and O–H groups in total. The molecule has 1 aromatic carbocycles. The van der Waals surface area contributed by atoms with Gasteiger partial charge in [0.25, 0.3) is 0 Å². The highest BCUT2D eigenvalue weighted by molar-refractivity contribution is 6.30. The van der Waals surface area contributed by atoms with Crippen LogP contribution in [0.5, 0.6) is 5.75 Å². The number of phenolic OH excluding ortho intramolecular Hbond substituents is 1. The first-order valence-corrected chi connectivity index (χ1v) is 5.09. The van der Waals surface area contributed by atoms with E-state index in [2.05, 4.69) is 4.98 Å². The Balaban J connectivity index is 2.35. The van der Waals surface area contributed by atoms with Crippen LogP contribution in [0.2, 0.25) is 5.02 Å². The van der Waals surface area contributed by atoms with Gasteiger partial charge in [-0.15, -0.1) is 0 Å². The monoisotopic (exact) mass is 240 g/mol. The van der Waals surface area contributed by atoms with Gasteiger partial charge in [-0.1, -0.05) is 11.6 Å². The van der Waals surface area contributed by atoms with Gasteiger partial charge in [-0.2, -0.15) is 0 Å². The number of rotatable bonds is 2. The first-order valence-electron chi connectivity index (χ1n) is 4.71. The molecule has 0 atom stereocenters. The Hall–Kier alpha value is -1.55. The van der Waals surface area contributed by atoms with Gasteiger partial charge in [0.1, 0.15) is 17.4 Å². The van der Waals surface area contributed by atoms with E-state index >= 15 is 0 Å². The molecule has 5 heteroatoms. The molecular weight excluding hydrogens is 231 g/mol. The Kier molecular flexibility index (Phi) is 2.83. The number of nitrogens with zero attached hydrogens (tertiary/aromatic N) is 2. The second-order valence-corrected chi connectivity index (χ2v) is 3.93. The number of aromatic hydroxyl groups is 1. The van der Waals surface area contributed by atoms with E-state index in [-0.39, 0.29) is 10.8 Å². The Morgan fingerprint density at radius 2 is 2.25 bits per heavy atom. The van der Waals surface area contributed by atoms with Crippen molar-refractivity contribution in [2.24, 2.45) is 7.05 Å². The third kappa shape index (κ3) is 2.02. The van der Waals surface area contributed by atoms with Gasteiger partial charge in [0.05, 0.1) is 5.02 Å². The minimum Gasteiger partial charge on any atom is -0.508 e. The summed E-state index contributed by atoms with van der Waals surface area (Å²) in [6.45, 7) is 0. The fraction of sp³-hybridized carbons (Fsp3) is 0.182. The molecular formula is C11H10ClFN2O. The van der Waals surface area contributed by atoms with Crippen LogP contribution in [0.25, 0.3) is 0 Å². The number of hydrogen-bond donors (Lipinski definition) is 1. The van der Waals surface area contributed by atoms with Crippen molar-refractivity contribution in [2.75, 3.05) is 0 Å². The van der Waals surface area contributed by atoms with Gasteiger partial charge in [0, 0.05) is 37.5 Å². The maximum Gasteiger partial charge on any atom is 0.145 e. The van der Waals surface area contributed by atoms with Gasteiger partial charge in [-0.3, -0.25) is 0 Å². The highest BCUT2D eigenvalue weighted by Crippen LogP contribution is 2.26. The van der Waals surface area contributed by atoms with Crippen molar-refractivity contribution in [3.63, 3.8) is 0 Å². The first kappa shape index (κ1) is 11.0. The summed E-state index contributed by atoms with van der Waals surface area (Å²) in [6, 6.07) is 2.43. The van der Waals surface area contributed by atoms with Crippen molar-refractivity contribution in [3.8, 4) is 5.75 Å². The quantitative estimate of drug-likeness (QED) is 0.876. The van der Waals surface area contributed by atoms with Crippen LogP contribution in [-0.4, -0.2) is 14.7 Å². The highest BCUT2D eigenvalue weighted by Gasteiger charge is 2.10. The van der Waals surface area contributed by atoms with Gasteiger partial charge in [0.15, 0.2) is 0 Å². The predicted octanol–water partition coefficient (Wildman–Crippen LogP) is 2.51. The standard InChI is InChI=1S/C11H10ClFN2O/c1-15-3-2-14-11(15)5-7-4-8(12)9(13)6-10(7)16/h2-4,6,16H,5H2,1H3. The lowest BCUT2D eigenvalue weighted by Gasteiger charge is -2.06. The van der Waals surface area contributed by atoms with Crippen molar-refractivity contribution in [3.05, 3.63) is 46.8 Å². The minimum absolute atomic E-state index is 0.00186. The SMILES string of the molecule is Cn1ccnc1Cc1cc(Cl)c(F)cc1O. The zero-order valence-electron chi connectivity index (χ0n) is 8.61. The van der Waals surface area contributed by atoms with E-state index < -0.39 is 5.82 Å². The molecule has 0 aliphatic carbocycles. The number of imidazole rings is 1. The van der Waals surface area contributed by atoms with Crippen molar-refractivity contribution >= 4 is 11.6 Å². The normalized spacial score (nSPS) is 10.7. The van der Waals surface area contributed by atoms with Gasteiger partial charge in [-0.05, 0) is 6.07 Å². The van der Waals surface area contributed by atoms with E-state index in [1.807, 2.05) is 11.6 Å². The second kappa shape index (κ2) is 4.14. The Labute approximate surface area is 97.1 Å². The van der Waals surface area contributed by atoms with Gasteiger partial charge >= 0.3 is 0 Å². The van der Waals surface area contributed by atoms with Gasteiger partial charge in [0.2, 0.25) is 0 Å². The topological polar surface area (TPSA) is 38.0 Å². The number of hydrogen-bond acceptors (Lipinski definition) is 2. The molecule has 84 valence electrons. The van der Waals surface area contributed by atoms with Gasteiger partial charge in [-0.25, -0.2) is 9.37 Å². The average molecular weight is 241 g/mol. The molecule has 0 amide bonds. The van der Waals surface area contributed by atoms with E-state index in [1.165, 1.54) is 6.07 Å². The van der Waals surface area contributed by atoms with Crippen molar-refractivity contribution in [2.45, 2.75) is 6.42 Å². The lowest BCUT2D eigenvalue weighted by molar-refractivity contribution is 0.462. The van der Waals surface area contributed by atoms with Crippen LogP contribution < -0.4 is 0 Å². The Morgan fingerprint density at radius 3 is 2.88 bits per heavy atom. The van der Waals surface area contributed by atoms with E-state index in [1.54, 1.807) is 12.4 Å². The number of aromatic nitrogens is 2. The van der Waals surface area contributed by atoms with Crippen LogP contribution >= 0.6 is 11.6 Å². The molecule has 2 aromatic rings. The molecule has 1 heterocycles. The predicted molar refractivity (Wildman–Crippen MR) is 59.1 cm³/mol. The summed E-state index contributed by atoms with van der Waals surface area (Å²) in [5.74, 6) is 0.0469. The van der Waals surface area contributed by atoms with E-state index in [4.69, 9.17) is 11.6 Å². The molecule has 0 aliphatic heterocycles. The van der Waals surface area contributed by atoms with Crippen molar-refractivity contribution in [1.29, 1.82) is 0 Å². The highest BCUT2D eigenvalue weighted by atomic mass is 35.5. The molecule has 2 rings (SSSR count). The zero-order valence-corrected chi connectivity index (χ0v) is 9.37. The summed E-state index contributed by atoms with van der Waals surface area (Å²) in [5, 5.41) is 9.57. The summed E-state index contributed by atoms with van der Waals surface area (Å²) >= 11 is 5.65. The molecule has 0 spiro atoms. The fourth-order valence-electron chi connectivity index (χ4n) is 1.46. The molecule has 16 heavy (non-hydrogen) atoms. The minimum atomic E-state index is -0.622. The molecule has 0 radical (unpaired) electrons. The molecule has 0 unspecified atom stereocenters. The van der Waals surface area contributed by atoms with Crippen molar-refractivity contribution < 1.29 is 9.50 Å². The van der Waals surface area contributed by atoms with Crippen LogP contribution in [-0.2, 0) is 13.5 Å².